The van der Waals surface area contributed by atoms with E-state index >= 15 is 0 Å². The van der Waals surface area contributed by atoms with Crippen LogP contribution in [0.4, 0.5) is 17.3 Å². The van der Waals surface area contributed by atoms with Crippen LogP contribution in [0.25, 0.3) is 11.7 Å². The lowest BCUT2D eigenvalue weighted by molar-refractivity contribution is 0.100. The van der Waals surface area contributed by atoms with E-state index in [1.54, 1.807) is 38.4 Å². The highest BCUT2D eigenvalue weighted by Gasteiger charge is 2.16. The molecule has 0 unspecified atom stereocenters. The Morgan fingerprint density at radius 3 is 2.82 bits per heavy atom. The van der Waals surface area contributed by atoms with Crippen molar-refractivity contribution in [2.24, 2.45) is 5.73 Å². The molecule has 0 aliphatic heterocycles. The lowest BCUT2D eigenvalue weighted by Gasteiger charge is -2.10. The molecule has 0 aromatic carbocycles. The van der Waals surface area contributed by atoms with Crippen LogP contribution in [-0.4, -0.2) is 37.1 Å². The standard InChI is InChI=1S/C17H16N8O3/c1-9-8-28-17(21-9)24-5-3-4-11(16(24)27)22-12-6-13(19-2)25-15(23-12)10(7-20-25)14(18)26/h3-8,19H,1-2H3,(H2,18,26)(H,22,23). The van der Waals surface area contributed by atoms with Crippen molar-refractivity contribution in [3.8, 4) is 6.01 Å². The van der Waals surface area contributed by atoms with Crippen LogP contribution in [0.3, 0.4) is 0 Å². The predicted molar refractivity (Wildman–Crippen MR) is 101 cm³/mol. The summed E-state index contributed by atoms with van der Waals surface area (Å²) >= 11 is 0. The van der Waals surface area contributed by atoms with E-state index < -0.39 is 5.91 Å². The first-order chi connectivity index (χ1) is 13.5. The topological polar surface area (TPSA) is 145 Å². The van der Waals surface area contributed by atoms with E-state index in [2.05, 4.69) is 25.7 Å². The van der Waals surface area contributed by atoms with Crippen LogP contribution in [0.1, 0.15) is 16.1 Å². The number of carbonyl (C=O) groups excluding carboxylic acids is 1. The maximum Gasteiger partial charge on any atom is 0.308 e. The molecule has 0 aliphatic carbocycles. The largest absolute Gasteiger partial charge is 0.431 e. The summed E-state index contributed by atoms with van der Waals surface area (Å²) in [6.45, 7) is 1.76. The second-order valence-corrected chi connectivity index (χ2v) is 5.93. The molecule has 4 aromatic rings. The van der Waals surface area contributed by atoms with Crippen molar-refractivity contribution >= 4 is 28.9 Å². The third-order valence-corrected chi connectivity index (χ3v) is 4.02. The molecule has 0 saturated heterocycles. The lowest BCUT2D eigenvalue weighted by Crippen LogP contribution is -2.21. The fraction of sp³-hybridized carbons (Fsp3) is 0.118. The van der Waals surface area contributed by atoms with Gasteiger partial charge in [0.15, 0.2) is 5.65 Å². The van der Waals surface area contributed by atoms with Crippen LogP contribution in [0, 0.1) is 6.92 Å². The highest BCUT2D eigenvalue weighted by atomic mass is 16.4. The van der Waals surface area contributed by atoms with E-state index in [4.69, 9.17) is 10.2 Å². The molecular weight excluding hydrogens is 364 g/mol. The molecule has 11 heteroatoms. The monoisotopic (exact) mass is 380 g/mol. The maximum atomic E-state index is 12.8. The number of anilines is 3. The molecule has 0 saturated carbocycles. The Hall–Kier alpha value is -4.15. The van der Waals surface area contributed by atoms with Gasteiger partial charge in [-0.25, -0.2) is 9.55 Å². The summed E-state index contributed by atoms with van der Waals surface area (Å²) < 4.78 is 8.02. The first-order valence-corrected chi connectivity index (χ1v) is 8.25. The minimum atomic E-state index is -0.650. The Morgan fingerprint density at radius 1 is 1.32 bits per heavy atom. The summed E-state index contributed by atoms with van der Waals surface area (Å²) in [5.74, 6) is 0.237. The normalized spacial score (nSPS) is 10.9. The summed E-state index contributed by atoms with van der Waals surface area (Å²) in [7, 11) is 1.70. The average molecular weight is 380 g/mol. The first-order valence-electron chi connectivity index (χ1n) is 8.25. The number of nitrogens with zero attached hydrogens (tertiary/aromatic N) is 5. The molecule has 0 spiro atoms. The van der Waals surface area contributed by atoms with Gasteiger partial charge in [-0.3, -0.25) is 9.59 Å². The van der Waals surface area contributed by atoms with Gasteiger partial charge in [-0.05, 0) is 19.1 Å². The van der Waals surface area contributed by atoms with Crippen molar-refractivity contribution in [3.05, 3.63) is 58.5 Å². The van der Waals surface area contributed by atoms with Gasteiger partial charge in [0.25, 0.3) is 11.5 Å². The Morgan fingerprint density at radius 2 is 2.14 bits per heavy atom. The van der Waals surface area contributed by atoms with Gasteiger partial charge in [-0.15, -0.1) is 0 Å². The number of nitrogens with two attached hydrogens (primary N) is 1. The van der Waals surface area contributed by atoms with Gasteiger partial charge in [-0.1, -0.05) is 0 Å². The first kappa shape index (κ1) is 17.3. The van der Waals surface area contributed by atoms with Crippen LogP contribution in [0.15, 0.2) is 46.1 Å². The number of nitrogens with one attached hydrogen (secondary N) is 2. The van der Waals surface area contributed by atoms with Gasteiger partial charge in [0.1, 0.15) is 29.1 Å². The minimum Gasteiger partial charge on any atom is -0.431 e. The Bertz CT molecular complexity index is 1250. The van der Waals surface area contributed by atoms with E-state index in [9.17, 15) is 9.59 Å². The van der Waals surface area contributed by atoms with Gasteiger partial charge in [0, 0.05) is 19.3 Å². The zero-order valence-corrected chi connectivity index (χ0v) is 15.0. The fourth-order valence-electron chi connectivity index (χ4n) is 2.71. The summed E-state index contributed by atoms with van der Waals surface area (Å²) in [6.07, 6.45) is 4.35. The van der Waals surface area contributed by atoms with E-state index in [0.29, 0.717) is 17.3 Å². The van der Waals surface area contributed by atoms with Crippen LogP contribution in [0.2, 0.25) is 0 Å². The minimum absolute atomic E-state index is 0.164. The number of aromatic nitrogens is 5. The van der Waals surface area contributed by atoms with Crippen molar-refractivity contribution in [1.82, 2.24) is 24.1 Å². The molecule has 1 amide bonds. The van der Waals surface area contributed by atoms with Crippen LogP contribution in [0.5, 0.6) is 0 Å². The Balaban J connectivity index is 1.79. The number of primary amides is 1. The fourth-order valence-corrected chi connectivity index (χ4v) is 2.71. The lowest BCUT2D eigenvalue weighted by atomic mass is 10.3. The summed E-state index contributed by atoms with van der Waals surface area (Å²) in [6, 6.07) is 5.09. The average Bonchev–Trinajstić information content (AvgIpc) is 3.29. The SMILES string of the molecule is CNc1cc(Nc2cccn(-c3nc(C)co3)c2=O)nc2c(C(N)=O)cnn12. The smallest absolute Gasteiger partial charge is 0.308 e. The third kappa shape index (κ3) is 2.84. The van der Waals surface area contributed by atoms with E-state index in [1.807, 2.05) is 0 Å². The molecule has 4 heterocycles. The third-order valence-electron chi connectivity index (χ3n) is 4.02. The highest BCUT2D eigenvalue weighted by molar-refractivity contribution is 5.98. The number of carbonyl (C=O) groups is 1. The molecule has 0 atom stereocenters. The van der Waals surface area contributed by atoms with E-state index in [-0.39, 0.29) is 28.5 Å². The molecule has 4 N–H and O–H groups in total. The molecule has 0 aliphatic rings. The quantitative estimate of drug-likeness (QED) is 0.466. The second-order valence-electron chi connectivity index (χ2n) is 5.93. The molecule has 0 fully saturated rings. The molecular formula is C17H16N8O3. The van der Waals surface area contributed by atoms with Crippen molar-refractivity contribution in [1.29, 1.82) is 0 Å². The van der Waals surface area contributed by atoms with Crippen LogP contribution in [-0.2, 0) is 0 Å². The molecule has 4 aromatic heterocycles. The number of oxazole rings is 1. The number of fused-ring (bicyclic) bond motifs is 1. The van der Waals surface area contributed by atoms with Crippen molar-refractivity contribution in [3.63, 3.8) is 0 Å². The number of amides is 1. The van der Waals surface area contributed by atoms with E-state index in [0.717, 1.165) is 0 Å². The van der Waals surface area contributed by atoms with Gasteiger partial charge in [-0.2, -0.15) is 14.6 Å². The number of aryl methyl sites for hydroxylation is 1. The van der Waals surface area contributed by atoms with Gasteiger partial charge < -0.3 is 20.8 Å². The molecule has 11 nitrogen and oxygen atoms in total. The maximum absolute atomic E-state index is 12.8. The molecule has 0 radical (unpaired) electrons. The van der Waals surface area contributed by atoms with Gasteiger partial charge >= 0.3 is 6.01 Å². The van der Waals surface area contributed by atoms with E-state index in [1.165, 1.54) is 21.5 Å². The van der Waals surface area contributed by atoms with Crippen LogP contribution < -0.4 is 21.9 Å². The number of hydrogen-bond acceptors (Lipinski definition) is 8. The second kappa shape index (κ2) is 6.54. The molecule has 0 bridgehead atoms. The Kier molecular flexibility index (Phi) is 4.03. The molecule has 142 valence electrons. The zero-order valence-electron chi connectivity index (χ0n) is 15.0. The zero-order chi connectivity index (χ0) is 19.8. The highest BCUT2D eigenvalue weighted by Crippen LogP contribution is 2.20. The predicted octanol–water partition coefficient (Wildman–Crippen LogP) is 1.06. The summed E-state index contributed by atoms with van der Waals surface area (Å²) in [5.41, 5.74) is 6.35. The van der Waals surface area contributed by atoms with Crippen molar-refractivity contribution in [2.45, 2.75) is 6.92 Å². The van der Waals surface area contributed by atoms with Crippen molar-refractivity contribution < 1.29 is 9.21 Å². The molecule has 4 rings (SSSR count). The number of hydrogen-bond donors (Lipinski definition) is 3. The number of rotatable bonds is 5. The Labute approximate surface area is 157 Å². The summed E-state index contributed by atoms with van der Waals surface area (Å²) in [5, 5.41) is 10.0. The van der Waals surface area contributed by atoms with Gasteiger partial charge in [0.05, 0.1) is 11.9 Å². The van der Waals surface area contributed by atoms with Gasteiger partial charge in [0.2, 0.25) is 0 Å². The molecule has 28 heavy (non-hydrogen) atoms. The van der Waals surface area contributed by atoms with Crippen molar-refractivity contribution in [2.75, 3.05) is 17.7 Å². The summed E-state index contributed by atoms with van der Waals surface area (Å²) in [4.78, 5) is 32.9. The van der Waals surface area contributed by atoms with Crippen LogP contribution >= 0.6 is 0 Å². The number of pyridine rings is 1.